The van der Waals surface area contributed by atoms with Gasteiger partial charge in [-0.25, -0.2) is 9.59 Å². The minimum atomic E-state index is -1.34. The lowest BCUT2D eigenvalue weighted by Gasteiger charge is -2.19. The number of nitrogens with one attached hydrogen (secondary N) is 2. The molecule has 0 radical (unpaired) electrons. The van der Waals surface area contributed by atoms with E-state index in [2.05, 4.69) is 22.8 Å². The third-order valence-corrected chi connectivity index (χ3v) is 5.69. The molecule has 2 atom stereocenters. The molecule has 3 rings (SSSR count). The molecule has 0 fully saturated rings. The molecular weight excluding hydrogens is 412 g/mol. The fourth-order valence-electron chi connectivity index (χ4n) is 3.94. The van der Waals surface area contributed by atoms with Crippen LogP contribution in [0.3, 0.4) is 0 Å². The fourth-order valence-corrected chi connectivity index (χ4v) is 3.94. The van der Waals surface area contributed by atoms with Gasteiger partial charge in [-0.1, -0.05) is 55.5 Å². The van der Waals surface area contributed by atoms with Gasteiger partial charge in [0.2, 0.25) is 5.91 Å². The van der Waals surface area contributed by atoms with Crippen molar-refractivity contribution in [3.63, 3.8) is 0 Å². The average Bonchev–Trinajstić information content (AvgIpc) is 3.12. The molecular formula is C24H28N2O6. The van der Waals surface area contributed by atoms with Crippen LogP contribution in [0.4, 0.5) is 4.79 Å². The number of benzene rings is 2. The number of carbonyl (C=O) groups is 3. The highest BCUT2D eigenvalue weighted by Gasteiger charge is 2.29. The molecule has 8 nitrogen and oxygen atoms in total. The van der Waals surface area contributed by atoms with Gasteiger partial charge in [0.25, 0.3) is 0 Å². The summed E-state index contributed by atoms with van der Waals surface area (Å²) in [7, 11) is 0. The van der Waals surface area contributed by atoms with E-state index in [1.54, 1.807) is 0 Å². The van der Waals surface area contributed by atoms with Crippen LogP contribution in [-0.2, 0) is 14.3 Å². The summed E-state index contributed by atoms with van der Waals surface area (Å²) in [4.78, 5) is 35.2. The molecule has 0 heterocycles. The molecule has 0 saturated heterocycles. The van der Waals surface area contributed by atoms with Crippen LogP contribution in [0.25, 0.3) is 11.1 Å². The van der Waals surface area contributed by atoms with Gasteiger partial charge in [0.15, 0.2) is 0 Å². The number of hydrogen-bond donors (Lipinski definition) is 4. The van der Waals surface area contributed by atoms with E-state index in [0.717, 1.165) is 22.3 Å². The molecule has 2 amide bonds. The Labute approximate surface area is 186 Å². The molecule has 4 N–H and O–H groups in total. The van der Waals surface area contributed by atoms with Gasteiger partial charge in [0.05, 0.1) is 6.61 Å². The fraction of sp³-hybridized carbons (Fsp3) is 0.375. The number of alkyl carbamates (subject to hydrolysis) is 1. The molecule has 0 aromatic heterocycles. The Morgan fingerprint density at radius 1 is 1.00 bits per heavy atom. The Hall–Kier alpha value is -3.39. The predicted octanol–water partition coefficient (Wildman–Crippen LogP) is 2.65. The van der Waals surface area contributed by atoms with Crippen LogP contribution < -0.4 is 10.6 Å². The van der Waals surface area contributed by atoms with Gasteiger partial charge in [-0.15, -0.1) is 0 Å². The van der Waals surface area contributed by atoms with Crippen LogP contribution in [0.15, 0.2) is 48.5 Å². The molecule has 32 heavy (non-hydrogen) atoms. The molecule has 0 saturated carbocycles. The van der Waals surface area contributed by atoms with Crippen LogP contribution in [-0.4, -0.2) is 53.5 Å². The summed E-state index contributed by atoms with van der Waals surface area (Å²) >= 11 is 0. The maximum atomic E-state index is 12.4. The summed E-state index contributed by atoms with van der Waals surface area (Å²) in [5.41, 5.74) is 4.55. The number of hydrogen-bond acceptors (Lipinski definition) is 5. The van der Waals surface area contributed by atoms with Crippen molar-refractivity contribution in [1.29, 1.82) is 0 Å². The van der Waals surface area contributed by atoms with E-state index in [1.807, 2.05) is 43.3 Å². The molecule has 0 spiro atoms. The van der Waals surface area contributed by atoms with Crippen molar-refractivity contribution in [1.82, 2.24) is 10.6 Å². The maximum Gasteiger partial charge on any atom is 0.407 e. The van der Waals surface area contributed by atoms with Gasteiger partial charge in [-0.2, -0.15) is 0 Å². The molecule has 1 unspecified atom stereocenters. The Bertz CT molecular complexity index is 931. The van der Waals surface area contributed by atoms with Crippen molar-refractivity contribution < 1.29 is 29.3 Å². The Balaban J connectivity index is 1.52. The number of carboxylic acid groups (broad SMARTS) is 1. The third-order valence-electron chi connectivity index (χ3n) is 5.69. The van der Waals surface area contributed by atoms with E-state index in [1.165, 1.54) is 0 Å². The van der Waals surface area contributed by atoms with E-state index < -0.39 is 30.6 Å². The zero-order chi connectivity index (χ0) is 23.1. The molecule has 0 bridgehead atoms. The third kappa shape index (κ3) is 5.45. The van der Waals surface area contributed by atoms with Gasteiger partial charge in [0, 0.05) is 18.4 Å². The molecule has 2 aromatic carbocycles. The number of ether oxygens (including phenoxy) is 1. The topological polar surface area (TPSA) is 125 Å². The second-order valence-electron chi connectivity index (χ2n) is 7.75. The lowest BCUT2D eigenvalue weighted by atomic mass is 9.98. The Kier molecular flexibility index (Phi) is 7.83. The molecule has 1 aliphatic rings. The van der Waals surface area contributed by atoms with E-state index in [9.17, 15) is 14.4 Å². The Morgan fingerprint density at radius 3 is 2.12 bits per heavy atom. The molecule has 2 aromatic rings. The van der Waals surface area contributed by atoms with Crippen LogP contribution in [0, 0.1) is 0 Å². The minimum Gasteiger partial charge on any atom is -0.480 e. The summed E-state index contributed by atoms with van der Waals surface area (Å²) in [6.07, 6.45) is 0.369. The van der Waals surface area contributed by atoms with E-state index >= 15 is 0 Å². The molecule has 0 aliphatic heterocycles. The van der Waals surface area contributed by atoms with Crippen molar-refractivity contribution in [2.75, 3.05) is 13.2 Å². The first-order valence-electron chi connectivity index (χ1n) is 10.7. The van der Waals surface area contributed by atoms with Crippen molar-refractivity contribution >= 4 is 18.0 Å². The Morgan fingerprint density at radius 2 is 1.59 bits per heavy atom. The van der Waals surface area contributed by atoms with Crippen molar-refractivity contribution in [3.8, 4) is 11.1 Å². The van der Waals surface area contributed by atoms with Crippen LogP contribution in [0.5, 0.6) is 0 Å². The smallest absolute Gasteiger partial charge is 0.407 e. The monoisotopic (exact) mass is 440 g/mol. The number of carboxylic acids is 1. The maximum absolute atomic E-state index is 12.4. The second kappa shape index (κ2) is 10.8. The summed E-state index contributed by atoms with van der Waals surface area (Å²) in [6.45, 7) is 1.39. The predicted molar refractivity (Wildman–Crippen MR) is 118 cm³/mol. The highest BCUT2D eigenvalue weighted by atomic mass is 16.5. The summed E-state index contributed by atoms with van der Waals surface area (Å²) in [6, 6.07) is 14.5. The number of aliphatic hydroxyl groups is 1. The normalized spacial score (nSPS) is 14.1. The van der Waals surface area contributed by atoms with Crippen molar-refractivity contribution in [2.24, 2.45) is 0 Å². The zero-order valence-electron chi connectivity index (χ0n) is 17.9. The lowest BCUT2D eigenvalue weighted by molar-refractivity contribution is -0.142. The first kappa shape index (κ1) is 23.3. The van der Waals surface area contributed by atoms with E-state index in [4.69, 9.17) is 14.9 Å². The van der Waals surface area contributed by atoms with E-state index in [0.29, 0.717) is 12.8 Å². The zero-order valence-corrected chi connectivity index (χ0v) is 17.9. The largest absolute Gasteiger partial charge is 0.480 e. The van der Waals surface area contributed by atoms with Crippen LogP contribution in [0.2, 0.25) is 0 Å². The highest BCUT2D eigenvalue weighted by molar-refractivity contribution is 5.83. The van der Waals surface area contributed by atoms with Crippen LogP contribution >= 0.6 is 0 Å². The highest BCUT2D eigenvalue weighted by Crippen LogP contribution is 2.44. The standard InChI is InChI=1S/C24H28N2O6/c1-2-15(11-12-22(28)26-21(13-27)23(29)30)25-24(31)32-14-20-18-9-5-3-7-16(18)17-8-4-6-10-19(17)20/h3-10,15,20-21,27H,2,11-14H2,1H3,(H,25,31)(H,26,28)(H,29,30)/t15?,21-/m0/s1. The first-order chi connectivity index (χ1) is 15.4. The summed E-state index contributed by atoms with van der Waals surface area (Å²) in [5, 5.41) is 22.9. The number of aliphatic carboxylic acids is 1. The van der Waals surface area contributed by atoms with Gasteiger partial charge >= 0.3 is 12.1 Å². The number of amides is 2. The summed E-state index contributed by atoms with van der Waals surface area (Å²) < 4.78 is 5.53. The average molecular weight is 440 g/mol. The van der Waals surface area contributed by atoms with Crippen molar-refractivity contribution in [2.45, 2.75) is 44.2 Å². The molecule has 1 aliphatic carbocycles. The van der Waals surface area contributed by atoms with Crippen LogP contribution in [0.1, 0.15) is 43.2 Å². The SMILES string of the molecule is CCC(CCC(=O)N[C@@H](CO)C(=O)O)NC(=O)OCC1c2ccccc2-c2ccccc21. The van der Waals surface area contributed by atoms with Gasteiger partial charge < -0.3 is 25.6 Å². The van der Waals surface area contributed by atoms with Gasteiger partial charge in [-0.3, -0.25) is 4.79 Å². The van der Waals surface area contributed by atoms with Gasteiger partial charge in [-0.05, 0) is 35.1 Å². The number of fused-ring (bicyclic) bond motifs is 3. The number of aliphatic hydroxyl groups excluding tert-OH is 1. The summed E-state index contributed by atoms with van der Waals surface area (Å²) in [5.74, 6) is -1.84. The number of rotatable bonds is 10. The quantitative estimate of drug-likeness (QED) is 0.450. The van der Waals surface area contributed by atoms with Crippen molar-refractivity contribution in [3.05, 3.63) is 59.7 Å². The van der Waals surface area contributed by atoms with Gasteiger partial charge in [0.1, 0.15) is 12.6 Å². The first-order valence-corrected chi connectivity index (χ1v) is 10.7. The minimum absolute atomic E-state index is 0.0198. The van der Waals surface area contributed by atoms with E-state index in [-0.39, 0.29) is 25.0 Å². The second-order valence-corrected chi connectivity index (χ2v) is 7.75. The molecule has 170 valence electrons. The lowest BCUT2D eigenvalue weighted by Crippen LogP contribution is -2.44. The molecule has 8 heteroatoms. The number of carbonyl (C=O) groups excluding carboxylic acids is 2.